The van der Waals surface area contributed by atoms with E-state index in [1.807, 2.05) is 32.9 Å². The van der Waals surface area contributed by atoms with E-state index in [-0.39, 0.29) is 11.9 Å². The van der Waals surface area contributed by atoms with Gasteiger partial charge in [0.1, 0.15) is 5.60 Å². The monoisotopic (exact) mass is 279 g/mol. The highest BCUT2D eigenvalue weighted by Gasteiger charge is 2.26. The molecular weight excluding hydrogens is 262 g/mol. The fourth-order valence-corrected chi connectivity index (χ4v) is 2.54. The number of fused-ring (bicyclic) bond motifs is 1. The van der Waals surface area contributed by atoms with Crippen LogP contribution in [0.5, 0.6) is 0 Å². The Morgan fingerprint density at radius 1 is 1.53 bits per heavy atom. The van der Waals surface area contributed by atoms with Crippen molar-refractivity contribution in [2.45, 2.75) is 45.1 Å². The van der Waals surface area contributed by atoms with E-state index in [9.17, 15) is 4.79 Å². The van der Waals surface area contributed by atoms with Gasteiger partial charge in [-0.1, -0.05) is 17.7 Å². The van der Waals surface area contributed by atoms with Crippen LogP contribution in [0.4, 0.5) is 0 Å². The molecule has 0 aliphatic heterocycles. The van der Waals surface area contributed by atoms with Crippen molar-refractivity contribution in [2.24, 2.45) is 0 Å². The highest BCUT2D eigenvalue weighted by molar-refractivity contribution is 6.31. The third kappa shape index (κ3) is 3.57. The largest absolute Gasteiger partial charge is 0.460 e. The van der Waals surface area contributed by atoms with E-state index in [0.29, 0.717) is 11.4 Å². The van der Waals surface area contributed by atoms with Crippen LogP contribution in [0.25, 0.3) is 6.08 Å². The SMILES string of the molecule is CC(C)(C)OC(=O)C[C@H]1CC=Cc2nccc(Cl)c21. The zero-order valence-corrected chi connectivity index (χ0v) is 12.2. The van der Waals surface area contributed by atoms with Gasteiger partial charge in [-0.2, -0.15) is 0 Å². The van der Waals surface area contributed by atoms with Crippen molar-refractivity contribution in [1.82, 2.24) is 4.98 Å². The van der Waals surface area contributed by atoms with Crippen LogP contribution in [0.1, 0.15) is 50.8 Å². The van der Waals surface area contributed by atoms with E-state index < -0.39 is 5.60 Å². The predicted octanol–water partition coefficient (Wildman–Crippen LogP) is 3.97. The van der Waals surface area contributed by atoms with Crippen molar-refractivity contribution >= 4 is 23.6 Å². The van der Waals surface area contributed by atoms with Gasteiger partial charge >= 0.3 is 5.97 Å². The molecule has 1 aliphatic rings. The first-order chi connectivity index (χ1) is 8.87. The molecule has 1 atom stereocenters. The molecule has 0 bridgehead atoms. The number of pyridine rings is 1. The topological polar surface area (TPSA) is 39.2 Å². The minimum absolute atomic E-state index is 0.0519. The number of rotatable bonds is 2. The van der Waals surface area contributed by atoms with Crippen molar-refractivity contribution in [1.29, 1.82) is 0 Å². The van der Waals surface area contributed by atoms with Crippen molar-refractivity contribution in [3.8, 4) is 0 Å². The number of halogens is 1. The van der Waals surface area contributed by atoms with Gasteiger partial charge in [0.15, 0.2) is 0 Å². The lowest BCUT2D eigenvalue weighted by Crippen LogP contribution is -2.25. The number of aromatic nitrogens is 1. The van der Waals surface area contributed by atoms with Gasteiger partial charge < -0.3 is 4.74 Å². The van der Waals surface area contributed by atoms with E-state index >= 15 is 0 Å². The summed E-state index contributed by atoms with van der Waals surface area (Å²) in [5, 5.41) is 0.669. The Hall–Kier alpha value is -1.35. The molecule has 2 rings (SSSR count). The maximum absolute atomic E-state index is 11.9. The van der Waals surface area contributed by atoms with Crippen LogP contribution >= 0.6 is 11.6 Å². The quantitative estimate of drug-likeness (QED) is 0.769. The first kappa shape index (κ1) is 14.1. The van der Waals surface area contributed by atoms with Crippen LogP contribution in [0.3, 0.4) is 0 Å². The molecule has 0 fully saturated rings. The predicted molar refractivity (Wildman–Crippen MR) is 76.1 cm³/mol. The molecule has 0 spiro atoms. The summed E-state index contributed by atoms with van der Waals surface area (Å²) in [6, 6.07) is 1.77. The maximum atomic E-state index is 11.9. The van der Waals surface area contributed by atoms with E-state index in [1.165, 1.54) is 0 Å². The summed E-state index contributed by atoms with van der Waals surface area (Å²) in [4.78, 5) is 16.2. The summed E-state index contributed by atoms with van der Waals surface area (Å²) in [6.07, 6.45) is 6.78. The van der Waals surface area contributed by atoms with Gasteiger partial charge in [-0.15, -0.1) is 0 Å². The first-order valence-corrected chi connectivity index (χ1v) is 6.77. The Bertz CT molecular complexity index is 517. The molecule has 0 aromatic carbocycles. The molecule has 19 heavy (non-hydrogen) atoms. The van der Waals surface area contributed by atoms with Crippen molar-refractivity contribution in [3.05, 3.63) is 34.6 Å². The second-order valence-corrected chi connectivity index (χ2v) is 6.12. The lowest BCUT2D eigenvalue weighted by atomic mass is 9.87. The number of esters is 1. The number of carbonyl (C=O) groups is 1. The van der Waals surface area contributed by atoms with Crippen molar-refractivity contribution in [2.75, 3.05) is 0 Å². The zero-order valence-electron chi connectivity index (χ0n) is 11.4. The smallest absolute Gasteiger partial charge is 0.306 e. The van der Waals surface area contributed by atoms with Crippen LogP contribution in [0.2, 0.25) is 5.02 Å². The van der Waals surface area contributed by atoms with Crippen LogP contribution in [0.15, 0.2) is 18.3 Å². The number of carbonyl (C=O) groups excluding carboxylic acids is 1. The normalized spacial score (nSPS) is 18.0. The van der Waals surface area contributed by atoms with E-state index in [1.54, 1.807) is 12.3 Å². The number of hydrogen-bond donors (Lipinski definition) is 0. The summed E-state index contributed by atoms with van der Waals surface area (Å²) in [6.45, 7) is 5.61. The van der Waals surface area contributed by atoms with Crippen LogP contribution in [0, 0.1) is 0 Å². The second kappa shape index (κ2) is 5.33. The Labute approximate surface area is 118 Å². The lowest BCUT2D eigenvalue weighted by molar-refractivity contribution is -0.155. The average Bonchev–Trinajstić information content (AvgIpc) is 2.26. The Balaban J connectivity index is 2.16. The Morgan fingerprint density at radius 3 is 2.95 bits per heavy atom. The number of ether oxygens (including phenoxy) is 1. The van der Waals surface area contributed by atoms with E-state index in [2.05, 4.69) is 4.98 Å². The minimum Gasteiger partial charge on any atom is -0.460 e. The number of hydrogen-bond acceptors (Lipinski definition) is 3. The summed E-state index contributed by atoms with van der Waals surface area (Å²) < 4.78 is 5.37. The van der Waals surface area contributed by atoms with Gasteiger partial charge in [0, 0.05) is 22.7 Å². The molecule has 0 unspecified atom stereocenters. The van der Waals surface area contributed by atoms with Crippen molar-refractivity contribution in [3.63, 3.8) is 0 Å². The molecule has 0 radical (unpaired) electrons. The summed E-state index contributed by atoms with van der Waals surface area (Å²) in [5.41, 5.74) is 1.35. The minimum atomic E-state index is -0.455. The summed E-state index contributed by atoms with van der Waals surface area (Å²) in [5.74, 6) is -0.144. The Morgan fingerprint density at radius 2 is 2.26 bits per heavy atom. The fraction of sp³-hybridized carbons (Fsp3) is 0.467. The summed E-state index contributed by atoms with van der Waals surface area (Å²) in [7, 11) is 0. The molecule has 4 heteroatoms. The molecule has 102 valence electrons. The van der Waals surface area contributed by atoms with E-state index in [0.717, 1.165) is 17.7 Å². The zero-order chi connectivity index (χ0) is 14.0. The molecule has 1 aromatic rings. The highest BCUT2D eigenvalue weighted by Crippen LogP contribution is 2.36. The van der Waals surface area contributed by atoms with Gasteiger partial charge in [-0.25, -0.2) is 0 Å². The van der Waals surface area contributed by atoms with Crippen LogP contribution < -0.4 is 0 Å². The van der Waals surface area contributed by atoms with Crippen LogP contribution in [-0.4, -0.2) is 16.6 Å². The first-order valence-electron chi connectivity index (χ1n) is 6.39. The highest BCUT2D eigenvalue weighted by atomic mass is 35.5. The molecule has 1 aromatic heterocycles. The molecule has 3 nitrogen and oxygen atoms in total. The molecule has 0 amide bonds. The van der Waals surface area contributed by atoms with E-state index in [4.69, 9.17) is 16.3 Å². The van der Waals surface area contributed by atoms with Crippen molar-refractivity contribution < 1.29 is 9.53 Å². The van der Waals surface area contributed by atoms with Gasteiger partial charge in [-0.05, 0) is 39.3 Å². The second-order valence-electron chi connectivity index (χ2n) is 5.72. The number of nitrogens with zero attached hydrogens (tertiary/aromatic N) is 1. The van der Waals surface area contributed by atoms with Gasteiger partial charge in [0.2, 0.25) is 0 Å². The van der Waals surface area contributed by atoms with Gasteiger partial charge in [0.25, 0.3) is 0 Å². The molecule has 0 N–H and O–H groups in total. The Kier molecular flexibility index (Phi) is 3.95. The summed E-state index contributed by atoms with van der Waals surface area (Å²) >= 11 is 6.23. The lowest BCUT2D eigenvalue weighted by Gasteiger charge is -2.24. The maximum Gasteiger partial charge on any atom is 0.306 e. The molecular formula is C15H18ClNO2. The molecule has 0 saturated heterocycles. The number of allylic oxidation sites excluding steroid dienone is 1. The third-order valence-electron chi connectivity index (χ3n) is 2.91. The molecule has 0 saturated carbocycles. The molecule has 1 aliphatic carbocycles. The molecule has 1 heterocycles. The van der Waals surface area contributed by atoms with Gasteiger partial charge in [-0.3, -0.25) is 9.78 Å². The van der Waals surface area contributed by atoms with Crippen LogP contribution in [-0.2, 0) is 9.53 Å². The third-order valence-corrected chi connectivity index (χ3v) is 3.23. The fourth-order valence-electron chi connectivity index (χ4n) is 2.23. The standard InChI is InChI=1S/C15H18ClNO2/c1-15(2,3)19-13(18)9-10-5-4-6-12-14(10)11(16)7-8-17-12/h4,6-8,10H,5,9H2,1-3H3/t10-/m1/s1. The average molecular weight is 280 g/mol. The van der Waals surface area contributed by atoms with Gasteiger partial charge in [0.05, 0.1) is 12.1 Å².